The number of ether oxygens (including phenoxy) is 1. The maximum Gasteiger partial charge on any atom is 0.249 e. The normalized spacial score (nSPS) is 13.4. The molecule has 0 saturated heterocycles. The first kappa shape index (κ1) is 15.2. The molecule has 2 rings (SSSR count). The molecule has 0 unspecified atom stereocenters. The van der Waals surface area contributed by atoms with Crippen molar-refractivity contribution >= 4 is 5.91 Å². The second-order valence-electron chi connectivity index (χ2n) is 4.92. The molecule has 1 aromatic carbocycles. The Labute approximate surface area is 125 Å². The maximum absolute atomic E-state index is 12.1. The van der Waals surface area contributed by atoms with Crippen LogP contribution in [-0.2, 0) is 16.1 Å². The predicted molar refractivity (Wildman–Crippen MR) is 81.5 cm³/mol. The molecule has 0 aliphatic rings. The van der Waals surface area contributed by atoms with Gasteiger partial charge in [-0.15, -0.1) is 0 Å². The minimum Gasteiger partial charge on any atom is -0.364 e. The third-order valence-electron chi connectivity index (χ3n) is 3.20. The smallest absolute Gasteiger partial charge is 0.249 e. The van der Waals surface area contributed by atoms with E-state index in [1.165, 1.54) is 0 Å². The van der Waals surface area contributed by atoms with Crippen molar-refractivity contribution in [1.29, 1.82) is 0 Å². The number of hydrogen-bond acceptors (Lipinski definition) is 3. The number of benzene rings is 1. The van der Waals surface area contributed by atoms with Crippen LogP contribution in [0.25, 0.3) is 0 Å². The molecular weight excluding hydrogens is 264 g/mol. The third kappa shape index (κ3) is 4.68. The molecule has 4 nitrogen and oxygen atoms in total. The van der Waals surface area contributed by atoms with Crippen molar-refractivity contribution in [2.24, 2.45) is 0 Å². The molecule has 0 saturated carbocycles. The van der Waals surface area contributed by atoms with Crippen molar-refractivity contribution in [3.05, 3.63) is 66.0 Å². The van der Waals surface area contributed by atoms with E-state index >= 15 is 0 Å². The number of nitrogens with zero attached hydrogens (tertiary/aromatic N) is 1. The highest BCUT2D eigenvalue weighted by Crippen LogP contribution is 2.09. The first-order valence-corrected chi connectivity index (χ1v) is 7.03. The molecule has 2 atom stereocenters. The molecule has 0 aliphatic heterocycles. The van der Waals surface area contributed by atoms with Crippen LogP contribution in [0, 0.1) is 0 Å². The molecule has 0 bridgehead atoms. The van der Waals surface area contributed by atoms with Gasteiger partial charge in [-0.05, 0) is 31.5 Å². The van der Waals surface area contributed by atoms with Crippen molar-refractivity contribution in [3.63, 3.8) is 0 Å². The van der Waals surface area contributed by atoms with E-state index in [9.17, 15) is 4.79 Å². The van der Waals surface area contributed by atoms with Crippen molar-refractivity contribution in [2.45, 2.75) is 32.6 Å². The van der Waals surface area contributed by atoms with Crippen molar-refractivity contribution < 1.29 is 9.53 Å². The van der Waals surface area contributed by atoms with E-state index in [1.807, 2.05) is 55.5 Å². The second-order valence-corrected chi connectivity index (χ2v) is 4.92. The van der Waals surface area contributed by atoms with Crippen LogP contribution in [0.5, 0.6) is 0 Å². The average Bonchev–Trinajstić information content (AvgIpc) is 2.54. The number of carbonyl (C=O) groups is 1. The summed E-state index contributed by atoms with van der Waals surface area (Å²) in [5.74, 6) is -0.135. The molecule has 1 heterocycles. The summed E-state index contributed by atoms with van der Waals surface area (Å²) in [5.41, 5.74) is 1.89. The van der Waals surface area contributed by atoms with Crippen LogP contribution >= 0.6 is 0 Å². The molecule has 0 fully saturated rings. The van der Waals surface area contributed by atoms with E-state index in [4.69, 9.17) is 4.74 Å². The van der Waals surface area contributed by atoms with E-state index < -0.39 is 6.10 Å². The fraction of sp³-hybridized carbons (Fsp3) is 0.294. The summed E-state index contributed by atoms with van der Waals surface area (Å²) in [6.07, 6.45) is 1.21. The van der Waals surface area contributed by atoms with Crippen LogP contribution in [0.4, 0.5) is 0 Å². The van der Waals surface area contributed by atoms with E-state index in [-0.39, 0.29) is 11.9 Å². The lowest BCUT2D eigenvalue weighted by Crippen LogP contribution is -2.36. The molecule has 4 heteroatoms. The fourth-order valence-corrected chi connectivity index (χ4v) is 1.91. The summed E-state index contributed by atoms with van der Waals surface area (Å²) in [7, 11) is 0. The monoisotopic (exact) mass is 284 g/mol. The van der Waals surface area contributed by atoms with Crippen LogP contribution in [-0.4, -0.2) is 17.0 Å². The molecule has 2 aromatic rings. The zero-order chi connectivity index (χ0) is 15.1. The Bertz CT molecular complexity index is 558. The summed E-state index contributed by atoms with van der Waals surface area (Å²) in [5, 5.41) is 2.91. The SMILES string of the molecule is C[C@H](OCc1ccccc1)C(=O)N[C@@H](C)c1ccccn1. The molecule has 1 amide bonds. The van der Waals surface area contributed by atoms with Gasteiger partial charge in [0.05, 0.1) is 18.3 Å². The molecule has 0 aliphatic carbocycles. The van der Waals surface area contributed by atoms with Gasteiger partial charge in [0.15, 0.2) is 0 Å². The lowest BCUT2D eigenvalue weighted by Gasteiger charge is -2.17. The molecular formula is C17H20N2O2. The van der Waals surface area contributed by atoms with Gasteiger partial charge in [0.25, 0.3) is 0 Å². The van der Waals surface area contributed by atoms with Crippen molar-refractivity contribution in [1.82, 2.24) is 10.3 Å². The van der Waals surface area contributed by atoms with Crippen LogP contribution < -0.4 is 5.32 Å². The van der Waals surface area contributed by atoms with Crippen LogP contribution in [0.1, 0.15) is 31.1 Å². The lowest BCUT2D eigenvalue weighted by molar-refractivity contribution is -0.133. The van der Waals surface area contributed by atoms with Gasteiger partial charge in [0.2, 0.25) is 5.91 Å². The molecule has 110 valence electrons. The largest absolute Gasteiger partial charge is 0.364 e. The number of carbonyl (C=O) groups excluding carboxylic acids is 1. The Balaban J connectivity index is 1.82. The molecule has 0 spiro atoms. The number of rotatable bonds is 6. The zero-order valence-corrected chi connectivity index (χ0v) is 12.3. The summed E-state index contributed by atoms with van der Waals surface area (Å²) in [6.45, 7) is 4.08. The Kier molecular flexibility index (Phi) is 5.46. The Morgan fingerprint density at radius 1 is 1.14 bits per heavy atom. The zero-order valence-electron chi connectivity index (χ0n) is 12.3. The highest BCUT2D eigenvalue weighted by atomic mass is 16.5. The molecule has 1 aromatic heterocycles. The van der Waals surface area contributed by atoms with E-state index in [1.54, 1.807) is 13.1 Å². The van der Waals surface area contributed by atoms with Crippen molar-refractivity contribution in [3.8, 4) is 0 Å². The number of nitrogens with one attached hydrogen (secondary N) is 1. The summed E-state index contributed by atoms with van der Waals surface area (Å²) in [6, 6.07) is 15.3. The number of hydrogen-bond donors (Lipinski definition) is 1. The van der Waals surface area contributed by atoms with Crippen molar-refractivity contribution in [2.75, 3.05) is 0 Å². The first-order valence-electron chi connectivity index (χ1n) is 7.03. The van der Waals surface area contributed by atoms with E-state index in [0.29, 0.717) is 6.61 Å². The van der Waals surface area contributed by atoms with Gasteiger partial charge >= 0.3 is 0 Å². The summed E-state index contributed by atoms with van der Waals surface area (Å²) in [4.78, 5) is 16.3. The van der Waals surface area contributed by atoms with Gasteiger partial charge < -0.3 is 10.1 Å². The van der Waals surface area contributed by atoms with Crippen LogP contribution in [0.15, 0.2) is 54.7 Å². The predicted octanol–water partition coefficient (Wildman–Crippen LogP) is 2.86. The van der Waals surface area contributed by atoms with Gasteiger partial charge in [-0.25, -0.2) is 0 Å². The Morgan fingerprint density at radius 3 is 2.52 bits per heavy atom. The Morgan fingerprint density at radius 2 is 1.86 bits per heavy atom. The minimum absolute atomic E-state index is 0.135. The van der Waals surface area contributed by atoms with Gasteiger partial charge in [-0.2, -0.15) is 0 Å². The van der Waals surface area contributed by atoms with Crippen LogP contribution in [0.2, 0.25) is 0 Å². The number of aromatic nitrogens is 1. The quantitative estimate of drug-likeness (QED) is 0.887. The fourth-order valence-electron chi connectivity index (χ4n) is 1.91. The summed E-state index contributed by atoms with van der Waals surface area (Å²) >= 11 is 0. The van der Waals surface area contributed by atoms with E-state index in [0.717, 1.165) is 11.3 Å². The van der Waals surface area contributed by atoms with Crippen LogP contribution in [0.3, 0.4) is 0 Å². The Hall–Kier alpha value is -2.20. The highest BCUT2D eigenvalue weighted by Gasteiger charge is 2.17. The first-order chi connectivity index (χ1) is 10.2. The minimum atomic E-state index is -0.503. The molecule has 1 N–H and O–H groups in total. The topological polar surface area (TPSA) is 51.2 Å². The highest BCUT2D eigenvalue weighted by molar-refractivity contribution is 5.80. The average molecular weight is 284 g/mol. The number of pyridine rings is 1. The van der Waals surface area contributed by atoms with Gasteiger partial charge in [0.1, 0.15) is 6.10 Å². The standard InChI is InChI=1S/C17H20N2O2/c1-13(16-10-6-7-11-18-16)19-17(20)14(2)21-12-15-8-4-3-5-9-15/h3-11,13-14H,12H2,1-2H3,(H,19,20)/t13-,14-/m0/s1. The van der Waals surface area contributed by atoms with Gasteiger partial charge in [-0.3, -0.25) is 9.78 Å². The lowest BCUT2D eigenvalue weighted by atomic mass is 10.2. The maximum atomic E-state index is 12.1. The van der Waals surface area contributed by atoms with E-state index in [2.05, 4.69) is 10.3 Å². The van der Waals surface area contributed by atoms with Gasteiger partial charge in [0, 0.05) is 6.20 Å². The molecule has 21 heavy (non-hydrogen) atoms. The second kappa shape index (κ2) is 7.55. The van der Waals surface area contributed by atoms with Gasteiger partial charge in [-0.1, -0.05) is 36.4 Å². The number of amides is 1. The molecule has 0 radical (unpaired) electrons. The summed E-state index contributed by atoms with van der Waals surface area (Å²) < 4.78 is 5.59. The third-order valence-corrected chi connectivity index (χ3v) is 3.20.